The number of ether oxygens (including phenoxy) is 1. The van der Waals surface area contributed by atoms with Crippen molar-refractivity contribution in [1.29, 1.82) is 0 Å². The molecule has 0 spiro atoms. The van der Waals surface area contributed by atoms with Crippen LogP contribution in [-0.4, -0.2) is 57.1 Å². The van der Waals surface area contributed by atoms with Gasteiger partial charge in [0.1, 0.15) is 18.2 Å². The summed E-state index contributed by atoms with van der Waals surface area (Å²) in [6.45, 7) is 0.450. The number of rotatable bonds is 5. The first-order chi connectivity index (χ1) is 10.4. The average Bonchev–Trinajstić information content (AvgIpc) is 2.83. The van der Waals surface area contributed by atoms with Crippen LogP contribution in [0.3, 0.4) is 0 Å². The molecule has 1 aromatic carbocycles. The molecule has 0 radical (unpaired) electrons. The van der Waals surface area contributed by atoms with E-state index in [-0.39, 0.29) is 42.5 Å². The molecule has 6 nitrogen and oxygen atoms in total. The van der Waals surface area contributed by atoms with Crippen LogP contribution in [0.1, 0.15) is 6.42 Å². The Morgan fingerprint density at radius 2 is 2.27 bits per heavy atom. The molecule has 1 unspecified atom stereocenters. The smallest absolute Gasteiger partial charge is 0.317 e. The van der Waals surface area contributed by atoms with E-state index in [0.717, 1.165) is 0 Å². The molecule has 1 aromatic rings. The minimum atomic E-state index is -3.02. The van der Waals surface area contributed by atoms with Gasteiger partial charge in [0, 0.05) is 19.2 Å². The van der Waals surface area contributed by atoms with Gasteiger partial charge in [-0.2, -0.15) is 0 Å². The summed E-state index contributed by atoms with van der Waals surface area (Å²) in [7, 11) is -1.44. The van der Waals surface area contributed by atoms with Gasteiger partial charge in [0.2, 0.25) is 0 Å². The van der Waals surface area contributed by atoms with Gasteiger partial charge in [-0.25, -0.2) is 17.6 Å². The standard InChI is InChI=1S/C14H19FN2O4S/c1-17(12-5-8-22(19,20)10-12)14(18)16-6-7-21-13-4-2-3-11(15)9-13/h2-4,9,12H,5-8,10H2,1H3,(H,16,18). The first-order valence-electron chi connectivity index (χ1n) is 6.97. The van der Waals surface area contributed by atoms with Gasteiger partial charge in [-0.15, -0.1) is 0 Å². The molecule has 2 amide bonds. The molecule has 0 aromatic heterocycles. The highest BCUT2D eigenvalue weighted by molar-refractivity contribution is 7.91. The van der Waals surface area contributed by atoms with Crippen LogP contribution in [0.15, 0.2) is 24.3 Å². The summed E-state index contributed by atoms with van der Waals surface area (Å²) in [4.78, 5) is 13.3. The molecule has 0 aliphatic carbocycles. The molecule has 1 fully saturated rings. The predicted molar refractivity (Wildman–Crippen MR) is 80.1 cm³/mol. The predicted octanol–water partition coefficient (Wildman–Crippen LogP) is 1.03. The van der Waals surface area contributed by atoms with E-state index in [0.29, 0.717) is 12.2 Å². The van der Waals surface area contributed by atoms with Crippen LogP contribution in [0.4, 0.5) is 9.18 Å². The van der Waals surface area contributed by atoms with E-state index in [1.165, 1.54) is 23.1 Å². The third-order valence-corrected chi connectivity index (χ3v) is 5.27. The largest absolute Gasteiger partial charge is 0.492 e. The first kappa shape index (κ1) is 16.5. The van der Waals surface area contributed by atoms with E-state index in [4.69, 9.17) is 4.74 Å². The number of carbonyl (C=O) groups is 1. The number of nitrogens with zero attached hydrogens (tertiary/aromatic N) is 1. The maximum absolute atomic E-state index is 12.9. The van der Waals surface area contributed by atoms with Crippen LogP contribution in [0.25, 0.3) is 0 Å². The fourth-order valence-electron chi connectivity index (χ4n) is 2.25. The van der Waals surface area contributed by atoms with Gasteiger partial charge in [-0.05, 0) is 18.6 Å². The summed E-state index contributed by atoms with van der Waals surface area (Å²) in [5, 5.41) is 2.64. The summed E-state index contributed by atoms with van der Waals surface area (Å²) in [5.74, 6) is 0.141. The molecule has 0 saturated carbocycles. The van der Waals surface area contributed by atoms with Crippen molar-refractivity contribution in [1.82, 2.24) is 10.2 Å². The minimum Gasteiger partial charge on any atom is -0.492 e. The molecule has 122 valence electrons. The molecule has 22 heavy (non-hydrogen) atoms. The van der Waals surface area contributed by atoms with E-state index in [1.54, 1.807) is 13.1 Å². The Bertz CT molecular complexity index is 635. The zero-order valence-corrected chi connectivity index (χ0v) is 13.1. The topological polar surface area (TPSA) is 75.7 Å². The fraction of sp³-hybridized carbons (Fsp3) is 0.500. The molecule has 2 rings (SSSR count). The van der Waals surface area contributed by atoms with E-state index < -0.39 is 9.84 Å². The van der Waals surface area contributed by atoms with Crippen molar-refractivity contribution in [3.05, 3.63) is 30.1 Å². The van der Waals surface area contributed by atoms with E-state index >= 15 is 0 Å². The van der Waals surface area contributed by atoms with E-state index in [2.05, 4.69) is 5.32 Å². The van der Waals surface area contributed by atoms with Gasteiger partial charge in [-0.1, -0.05) is 6.07 Å². The Labute approximate surface area is 129 Å². The highest BCUT2D eigenvalue weighted by Crippen LogP contribution is 2.16. The van der Waals surface area contributed by atoms with Crippen LogP contribution in [0, 0.1) is 5.82 Å². The Kier molecular flexibility index (Phi) is 5.23. The lowest BCUT2D eigenvalue weighted by Crippen LogP contribution is -2.45. The van der Waals surface area contributed by atoms with Crippen LogP contribution in [-0.2, 0) is 9.84 Å². The summed E-state index contributed by atoms with van der Waals surface area (Å²) in [5.41, 5.74) is 0. The second-order valence-corrected chi connectivity index (χ2v) is 7.43. The van der Waals surface area contributed by atoms with Crippen molar-refractivity contribution < 1.29 is 22.3 Å². The summed E-state index contributed by atoms with van der Waals surface area (Å²) in [6, 6.07) is 5.12. The second kappa shape index (κ2) is 6.95. The zero-order valence-electron chi connectivity index (χ0n) is 12.3. The lowest BCUT2D eigenvalue weighted by Gasteiger charge is -2.23. The van der Waals surface area contributed by atoms with Crippen molar-refractivity contribution >= 4 is 15.9 Å². The summed E-state index contributed by atoms with van der Waals surface area (Å²) < 4.78 is 41.1. The van der Waals surface area contributed by atoms with Crippen molar-refractivity contribution in [2.24, 2.45) is 0 Å². The van der Waals surface area contributed by atoms with Crippen LogP contribution < -0.4 is 10.1 Å². The fourth-order valence-corrected chi connectivity index (χ4v) is 4.03. The van der Waals surface area contributed by atoms with Crippen LogP contribution in [0.2, 0.25) is 0 Å². The molecule has 1 aliphatic heterocycles. The highest BCUT2D eigenvalue weighted by Gasteiger charge is 2.32. The van der Waals surface area contributed by atoms with Gasteiger partial charge in [0.15, 0.2) is 9.84 Å². The van der Waals surface area contributed by atoms with Crippen LogP contribution >= 0.6 is 0 Å². The SMILES string of the molecule is CN(C(=O)NCCOc1cccc(F)c1)C1CCS(=O)(=O)C1. The van der Waals surface area contributed by atoms with E-state index in [1.807, 2.05) is 0 Å². The van der Waals surface area contributed by atoms with E-state index in [9.17, 15) is 17.6 Å². The maximum Gasteiger partial charge on any atom is 0.317 e. The molecule has 1 atom stereocenters. The quantitative estimate of drug-likeness (QED) is 0.818. The Morgan fingerprint density at radius 1 is 1.50 bits per heavy atom. The summed E-state index contributed by atoms with van der Waals surface area (Å²) >= 11 is 0. The number of amides is 2. The Morgan fingerprint density at radius 3 is 2.91 bits per heavy atom. The van der Waals surface area contributed by atoms with Gasteiger partial charge in [0.25, 0.3) is 0 Å². The summed E-state index contributed by atoms with van der Waals surface area (Å²) in [6.07, 6.45) is 0.464. The minimum absolute atomic E-state index is 0.0106. The van der Waals surface area contributed by atoms with Crippen molar-refractivity contribution in [2.75, 3.05) is 31.7 Å². The molecule has 1 aliphatic rings. The lowest BCUT2D eigenvalue weighted by molar-refractivity contribution is 0.192. The lowest BCUT2D eigenvalue weighted by atomic mass is 10.2. The van der Waals surface area contributed by atoms with Gasteiger partial charge in [-0.3, -0.25) is 0 Å². The second-order valence-electron chi connectivity index (χ2n) is 5.21. The molecule has 0 bridgehead atoms. The Balaban J connectivity index is 1.71. The van der Waals surface area contributed by atoms with Gasteiger partial charge < -0.3 is 15.0 Å². The maximum atomic E-state index is 12.9. The first-order valence-corrected chi connectivity index (χ1v) is 8.79. The molecular formula is C14H19FN2O4S. The third kappa shape index (κ3) is 4.59. The number of benzene rings is 1. The number of sulfone groups is 1. The van der Waals surface area contributed by atoms with Crippen molar-refractivity contribution in [3.8, 4) is 5.75 Å². The van der Waals surface area contributed by atoms with Gasteiger partial charge >= 0.3 is 6.03 Å². The molecule has 1 saturated heterocycles. The zero-order chi connectivity index (χ0) is 16.2. The van der Waals surface area contributed by atoms with Gasteiger partial charge in [0.05, 0.1) is 18.1 Å². The van der Waals surface area contributed by atoms with Crippen molar-refractivity contribution in [3.63, 3.8) is 0 Å². The molecular weight excluding hydrogens is 311 g/mol. The normalized spacial score (nSPS) is 19.6. The molecule has 1 N–H and O–H groups in total. The number of carbonyl (C=O) groups excluding carboxylic acids is 1. The number of halogens is 1. The third-order valence-electron chi connectivity index (χ3n) is 3.52. The molecule has 1 heterocycles. The van der Waals surface area contributed by atoms with Crippen LogP contribution in [0.5, 0.6) is 5.75 Å². The number of hydrogen-bond donors (Lipinski definition) is 1. The number of nitrogens with one attached hydrogen (secondary N) is 1. The highest BCUT2D eigenvalue weighted by atomic mass is 32.2. The number of hydrogen-bond acceptors (Lipinski definition) is 4. The van der Waals surface area contributed by atoms with Crippen molar-refractivity contribution in [2.45, 2.75) is 12.5 Å². The average molecular weight is 330 g/mol. The molecule has 8 heteroatoms. The Hall–Kier alpha value is -1.83. The monoisotopic (exact) mass is 330 g/mol. The number of urea groups is 1.